The van der Waals surface area contributed by atoms with Crippen molar-refractivity contribution in [3.05, 3.63) is 70.1 Å². The summed E-state index contributed by atoms with van der Waals surface area (Å²) in [7, 11) is 0. The monoisotopic (exact) mass is 303 g/mol. The molecule has 0 heteroatoms. The summed E-state index contributed by atoms with van der Waals surface area (Å²) in [6, 6.07) is 11.5. The van der Waals surface area contributed by atoms with E-state index in [1.54, 1.807) is 0 Å². The largest absolute Gasteiger partial charge is 0.0590 e. The molecule has 1 aliphatic rings. The lowest BCUT2D eigenvalue weighted by Gasteiger charge is -2.18. The first-order chi connectivity index (χ1) is 10.9. The van der Waals surface area contributed by atoms with E-state index in [9.17, 15) is 0 Å². The molecule has 3 rings (SSSR count). The molecule has 0 amide bonds. The predicted molar refractivity (Wildman–Crippen MR) is 102 cm³/mol. The van der Waals surface area contributed by atoms with Crippen LogP contribution in [0.1, 0.15) is 61.4 Å². The molecule has 119 valence electrons. The Labute approximate surface area is 141 Å². The summed E-state index contributed by atoms with van der Waals surface area (Å²) in [4.78, 5) is 0. The Balaban J connectivity index is 2.28. The molecule has 0 fully saturated rings. The lowest BCUT2D eigenvalue weighted by atomic mass is 9.86. The lowest BCUT2D eigenvalue weighted by Crippen LogP contribution is -1.98. The molecule has 0 aliphatic heterocycles. The molecule has 2 aromatic carbocycles. The number of allylic oxidation sites excluding steroid dienone is 1. The second kappa shape index (κ2) is 6.00. The van der Waals surface area contributed by atoms with Gasteiger partial charge in [-0.3, -0.25) is 0 Å². The van der Waals surface area contributed by atoms with Crippen molar-refractivity contribution < 1.29 is 0 Å². The minimum atomic E-state index is 0.521. The number of fused-ring (bicyclic) bond motifs is 1. The molecule has 0 saturated heterocycles. The summed E-state index contributed by atoms with van der Waals surface area (Å²) in [6.07, 6.45) is 4.76. The zero-order valence-electron chi connectivity index (χ0n) is 15.2. The first kappa shape index (κ1) is 16.1. The van der Waals surface area contributed by atoms with Crippen LogP contribution in [0.15, 0.2) is 35.9 Å². The van der Waals surface area contributed by atoms with E-state index < -0.39 is 0 Å². The van der Waals surface area contributed by atoms with E-state index >= 15 is 0 Å². The van der Waals surface area contributed by atoms with Gasteiger partial charge in [0.05, 0.1) is 0 Å². The minimum absolute atomic E-state index is 0.521. The Hall–Kier alpha value is -1.82. The zero-order valence-corrected chi connectivity index (χ0v) is 15.2. The third-order valence-electron chi connectivity index (χ3n) is 4.74. The van der Waals surface area contributed by atoms with Gasteiger partial charge in [-0.25, -0.2) is 0 Å². The van der Waals surface area contributed by atoms with Gasteiger partial charge in [0, 0.05) is 6.42 Å². The summed E-state index contributed by atoms with van der Waals surface area (Å²) in [5.41, 5.74) is 11.1. The van der Waals surface area contributed by atoms with Crippen LogP contribution in [-0.4, -0.2) is 0 Å². The fraction of sp³-hybridized carbons (Fsp3) is 0.348. The Morgan fingerprint density at radius 1 is 0.783 bits per heavy atom. The maximum Gasteiger partial charge on any atom is 0.0167 e. The smallest absolute Gasteiger partial charge is 0.0167 e. The second-order valence-corrected chi connectivity index (χ2v) is 7.51. The number of rotatable bonds is 3. The first-order valence-corrected chi connectivity index (χ1v) is 8.68. The van der Waals surface area contributed by atoms with Crippen LogP contribution in [0.25, 0.3) is 17.2 Å². The first-order valence-electron chi connectivity index (χ1n) is 8.68. The van der Waals surface area contributed by atoms with Crippen molar-refractivity contribution in [3.8, 4) is 11.1 Å². The van der Waals surface area contributed by atoms with Gasteiger partial charge in [-0.05, 0) is 53.5 Å². The van der Waals surface area contributed by atoms with Crippen LogP contribution < -0.4 is 0 Å². The van der Waals surface area contributed by atoms with Crippen LogP contribution in [0.4, 0.5) is 0 Å². The molecule has 1 aliphatic carbocycles. The average Bonchev–Trinajstić information content (AvgIpc) is 2.89. The maximum atomic E-state index is 2.40. The number of hydrogen-bond donors (Lipinski definition) is 0. The molecule has 23 heavy (non-hydrogen) atoms. The van der Waals surface area contributed by atoms with Crippen molar-refractivity contribution in [2.75, 3.05) is 0 Å². The highest BCUT2D eigenvalue weighted by Gasteiger charge is 2.22. The van der Waals surface area contributed by atoms with E-state index in [0.29, 0.717) is 11.8 Å². The van der Waals surface area contributed by atoms with Crippen molar-refractivity contribution in [2.24, 2.45) is 5.92 Å². The summed E-state index contributed by atoms with van der Waals surface area (Å²) in [5, 5.41) is 0. The van der Waals surface area contributed by atoms with Crippen molar-refractivity contribution in [3.63, 3.8) is 0 Å². The third kappa shape index (κ3) is 3.00. The molecule has 0 heterocycles. The molecule has 0 bridgehead atoms. The summed E-state index contributed by atoms with van der Waals surface area (Å²) in [6.45, 7) is 13.5. The Morgan fingerprint density at radius 2 is 1.43 bits per heavy atom. The predicted octanol–water partition coefficient (Wildman–Crippen LogP) is 6.70. The molecular formula is C23H27. The number of aryl methyl sites for hydroxylation is 2. The van der Waals surface area contributed by atoms with Gasteiger partial charge in [-0.1, -0.05) is 80.8 Å². The third-order valence-corrected chi connectivity index (χ3v) is 4.74. The van der Waals surface area contributed by atoms with Gasteiger partial charge >= 0.3 is 0 Å². The second-order valence-electron chi connectivity index (χ2n) is 7.51. The van der Waals surface area contributed by atoms with Crippen LogP contribution in [0.2, 0.25) is 0 Å². The van der Waals surface area contributed by atoms with Gasteiger partial charge < -0.3 is 0 Å². The SMILES string of the molecule is Cc1cc(C)cc(-c2c(C(C)C)ccc3c2C=C(C(C)C)[CH]3)c1. The molecule has 0 N–H and O–H groups in total. The highest BCUT2D eigenvalue weighted by molar-refractivity contribution is 5.86. The van der Waals surface area contributed by atoms with Crippen molar-refractivity contribution in [1.29, 1.82) is 0 Å². The quantitative estimate of drug-likeness (QED) is 0.592. The summed E-state index contributed by atoms with van der Waals surface area (Å²) < 4.78 is 0. The normalized spacial score (nSPS) is 13.7. The molecule has 2 aromatic rings. The Morgan fingerprint density at radius 3 is 2.00 bits per heavy atom. The van der Waals surface area contributed by atoms with Gasteiger partial charge in [0.25, 0.3) is 0 Å². The fourth-order valence-corrected chi connectivity index (χ4v) is 3.58. The van der Waals surface area contributed by atoms with E-state index in [2.05, 4.69) is 84.4 Å². The molecule has 0 saturated carbocycles. The number of hydrogen-bond acceptors (Lipinski definition) is 0. The van der Waals surface area contributed by atoms with E-state index in [0.717, 1.165) is 0 Å². The van der Waals surface area contributed by atoms with Crippen molar-refractivity contribution in [2.45, 2.75) is 47.5 Å². The van der Waals surface area contributed by atoms with E-state index in [-0.39, 0.29) is 0 Å². The van der Waals surface area contributed by atoms with E-state index in [1.807, 2.05) is 0 Å². The van der Waals surface area contributed by atoms with E-state index in [1.165, 1.54) is 44.5 Å². The molecule has 1 radical (unpaired) electrons. The molecule has 0 nitrogen and oxygen atoms in total. The standard InChI is InChI=1S/C23H27/c1-14(2)19-12-18-7-8-21(15(3)4)23(22(18)13-19)20-10-16(5)9-17(6)11-20/h7-15H,1-6H3. The highest BCUT2D eigenvalue weighted by atomic mass is 14.3. The van der Waals surface area contributed by atoms with Crippen LogP contribution in [0.5, 0.6) is 0 Å². The molecule has 0 unspecified atom stereocenters. The topological polar surface area (TPSA) is 0 Å². The summed E-state index contributed by atoms with van der Waals surface area (Å²) >= 11 is 0. The minimum Gasteiger partial charge on any atom is -0.0590 e. The highest BCUT2D eigenvalue weighted by Crippen LogP contribution is 2.41. The van der Waals surface area contributed by atoms with Gasteiger partial charge in [-0.2, -0.15) is 0 Å². The van der Waals surface area contributed by atoms with Gasteiger partial charge in [0.15, 0.2) is 0 Å². The van der Waals surface area contributed by atoms with Crippen LogP contribution in [0, 0.1) is 26.2 Å². The van der Waals surface area contributed by atoms with Crippen LogP contribution in [0.3, 0.4) is 0 Å². The van der Waals surface area contributed by atoms with Gasteiger partial charge in [-0.15, -0.1) is 0 Å². The van der Waals surface area contributed by atoms with E-state index in [4.69, 9.17) is 0 Å². The average molecular weight is 303 g/mol. The zero-order chi connectivity index (χ0) is 16.7. The fourth-order valence-electron chi connectivity index (χ4n) is 3.58. The number of benzene rings is 2. The van der Waals surface area contributed by atoms with Crippen molar-refractivity contribution in [1.82, 2.24) is 0 Å². The van der Waals surface area contributed by atoms with Crippen LogP contribution >= 0.6 is 0 Å². The Bertz CT molecular complexity index is 753. The molecule has 0 aromatic heterocycles. The maximum absolute atomic E-state index is 2.40. The van der Waals surface area contributed by atoms with Crippen LogP contribution in [-0.2, 0) is 0 Å². The Kier molecular flexibility index (Phi) is 4.19. The van der Waals surface area contributed by atoms with Gasteiger partial charge in [0.2, 0.25) is 0 Å². The molecular weight excluding hydrogens is 276 g/mol. The van der Waals surface area contributed by atoms with Gasteiger partial charge in [0.1, 0.15) is 0 Å². The molecule has 0 atom stereocenters. The van der Waals surface area contributed by atoms with Crippen molar-refractivity contribution >= 4 is 6.08 Å². The lowest BCUT2D eigenvalue weighted by molar-refractivity contribution is 0.789. The summed E-state index contributed by atoms with van der Waals surface area (Å²) in [5.74, 6) is 1.09. The molecule has 0 spiro atoms.